The minimum absolute atomic E-state index is 0.883. The van der Waals surface area contributed by atoms with Crippen molar-refractivity contribution in [2.24, 2.45) is 0 Å². The van der Waals surface area contributed by atoms with Gasteiger partial charge in [-0.3, -0.25) is 0 Å². The molecule has 12 aromatic carbocycles. The Hall–Kier alpha value is -9.70. The van der Waals surface area contributed by atoms with Crippen molar-refractivity contribution in [1.82, 2.24) is 4.57 Å². The number of benzene rings is 12. The number of hydrogen-bond donors (Lipinski definition) is 0. The molecule has 0 aliphatic heterocycles. The topological polar surface area (TPSA) is 21.3 Å². The Kier molecular flexibility index (Phi) is 10.2. The highest BCUT2D eigenvalue weighted by molar-refractivity contribution is 6.29. The van der Waals surface area contributed by atoms with Gasteiger partial charge in [-0.15, -0.1) is 0 Å². The van der Waals surface area contributed by atoms with E-state index in [1.165, 1.54) is 43.9 Å². The maximum atomic E-state index is 7.02. The summed E-state index contributed by atoms with van der Waals surface area (Å²) < 4.78 is 9.39. The summed E-state index contributed by atoms with van der Waals surface area (Å²) in [5.41, 5.74) is 17.9. The Morgan fingerprint density at radius 2 is 0.753 bits per heavy atom. The maximum absolute atomic E-state index is 7.02. The molecular weight excluding hydrogens is 885 g/mol. The van der Waals surface area contributed by atoms with E-state index in [1.54, 1.807) is 0 Å². The first-order valence-corrected chi connectivity index (χ1v) is 25.0. The summed E-state index contributed by atoms with van der Waals surface area (Å²) in [5, 5.41) is 8.21. The quantitative estimate of drug-likeness (QED) is 0.135. The van der Waals surface area contributed by atoms with Gasteiger partial charge in [0, 0.05) is 55.4 Å². The average molecular weight is 931 g/mol. The molecule has 2 heterocycles. The normalized spacial score (nSPS) is 11.6. The van der Waals surface area contributed by atoms with Crippen molar-refractivity contribution in [2.75, 3.05) is 4.90 Å². The predicted molar refractivity (Wildman–Crippen MR) is 307 cm³/mol. The molecule has 0 atom stereocenters. The summed E-state index contributed by atoms with van der Waals surface area (Å²) in [7, 11) is 0. The van der Waals surface area contributed by atoms with Crippen LogP contribution < -0.4 is 4.90 Å². The van der Waals surface area contributed by atoms with E-state index in [2.05, 4.69) is 289 Å². The molecule has 73 heavy (non-hydrogen) atoms. The molecule has 0 aliphatic rings. The molecular formula is C70H46N2O. The molecule has 0 aliphatic carbocycles. The molecule has 2 aromatic heterocycles. The van der Waals surface area contributed by atoms with Gasteiger partial charge in [-0.25, -0.2) is 0 Å². The van der Waals surface area contributed by atoms with Gasteiger partial charge in [0.1, 0.15) is 11.3 Å². The van der Waals surface area contributed by atoms with Crippen molar-refractivity contribution in [1.29, 1.82) is 0 Å². The molecule has 0 unspecified atom stereocenters. The van der Waals surface area contributed by atoms with Crippen molar-refractivity contribution in [3.8, 4) is 61.5 Å². The molecule has 0 bridgehead atoms. The monoisotopic (exact) mass is 930 g/mol. The fourth-order valence-corrected chi connectivity index (χ4v) is 11.2. The summed E-state index contributed by atoms with van der Waals surface area (Å²) in [6.07, 6.45) is 0. The van der Waals surface area contributed by atoms with Crippen molar-refractivity contribution >= 4 is 71.4 Å². The van der Waals surface area contributed by atoms with E-state index in [4.69, 9.17) is 4.42 Å². The molecule has 0 saturated heterocycles. The number of fused-ring (bicyclic) bond motifs is 9. The van der Waals surface area contributed by atoms with Crippen molar-refractivity contribution in [3.63, 3.8) is 0 Å². The number of anilines is 3. The molecule has 0 fully saturated rings. The third-order valence-corrected chi connectivity index (χ3v) is 14.6. The Bertz CT molecular complexity index is 4350. The standard InChI is InChI=1S/C70H46N2O/c1-5-19-47(20-6-1)48-35-39-56(40-36-48)71(58-30-18-26-52(44-58)54-38-42-66-64(46-54)60-32-15-16-34-65(60)72(66)55-27-11-4-12-28-55)57-29-17-25-51(43-57)53-37-41-61-63(45-53)59-31-13-14-33-62(59)70-68(61)67(49-21-7-2-8-22-49)69(73-70)50-23-9-3-10-24-50/h1-46H. The van der Waals surface area contributed by atoms with Crippen LogP contribution in [0.25, 0.3) is 116 Å². The van der Waals surface area contributed by atoms with Crippen LogP contribution >= 0.6 is 0 Å². The van der Waals surface area contributed by atoms with Crippen LogP contribution in [0.15, 0.2) is 283 Å². The van der Waals surface area contributed by atoms with Gasteiger partial charge < -0.3 is 13.9 Å². The fourth-order valence-electron chi connectivity index (χ4n) is 11.2. The Balaban J connectivity index is 0.917. The molecule has 0 N–H and O–H groups in total. The lowest BCUT2D eigenvalue weighted by Gasteiger charge is -2.27. The molecule has 14 aromatic rings. The SMILES string of the molecule is c1ccc(-c2ccc(N(c3cccc(-c4ccc5c(c4)c4ccccc4c4oc(-c6ccccc6)c(-c6ccccc6)c54)c3)c3cccc(-c4ccc5c(c4)c4ccccc4n5-c4ccccc4)c3)cc2)cc1. The minimum Gasteiger partial charge on any atom is -0.455 e. The van der Waals surface area contributed by atoms with Gasteiger partial charge in [-0.1, -0.05) is 206 Å². The second kappa shape index (κ2) is 17.6. The summed E-state index contributed by atoms with van der Waals surface area (Å²) in [6, 6.07) is 101. The third kappa shape index (κ3) is 7.29. The molecule has 0 amide bonds. The zero-order valence-corrected chi connectivity index (χ0v) is 39.9. The number of rotatable bonds is 9. The van der Waals surface area contributed by atoms with E-state index in [1.807, 2.05) is 0 Å². The van der Waals surface area contributed by atoms with Crippen molar-refractivity contribution in [3.05, 3.63) is 279 Å². The molecule has 0 saturated carbocycles. The summed E-state index contributed by atoms with van der Waals surface area (Å²) in [6.45, 7) is 0. The smallest absolute Gasteiger partial charge is 0.143 e. The predicted octanol–water partition coefficient (Wildman–Crippen LogP) is 19.6. The summed E-state index contributed by atoms with van der Waals surface area (Å²) in [5.74, 6) is 0.883. The van der Waals surface area contributed by atoms with E-state index < -0.39 is 0 Å². The van der Waals surface area contributed by atoms with E-state index in [-0.39, 0.29) is 0 Å². The van der Waals surface area contributed by atoms with Gasteiger partial charge in [-0.2, -0.15) is 0 Å². The lowest BCUT2D eigenvalue weighted by Crippen LogP contribution is -2.10. The first-order valence-electron chi connectivity index (χ1n) is 25.0. The van der Waals surface area contributed by atoms with E-state index in [9.17, 15) is 0 Å². The summed E-state index contributed by atoms with van der Waals surface area (Å²) >= 11 is 0. The van der Waals surface area contributed by atoms with Crippen LogP contribution in [0.3, 0.4) is 0 Å². The second-order valence-electron chi connectivity index (χ2n) is 18.8. The van der Waals surface area contributed by atoms with Gasteiger partial charge >= 0.3 is 0 Å². The molecule has 3 heteroatoms. The van der Waals surface area contributed by atoms with E-state index >= 15 is 0 Å². The lowest BCUT2D eigenvalue weighted by molar-refractivity contribution is 0.636. The molecule has 342 valence electrons. The highest BCUT2D eigenvalue weighted by Crippen LogP contribution is 2.48. The minimum atomic E-state index is 0.883. The van der Waals surface area contributed by atoms with Crippen LogP contribution in [0.2, 0.25) is 0 Å². The lowest BCUT2D eigenvalue weighted by atomic mass is 9.91. The molecule has 0 radical (unpaired) electrons. The third-order valence-electron chi connectivity index (χ3n) is 14.6. The van der Waals surface area contributed by atoms with Gasteiger partial charge in [0.15, 0.2) is 0 Å². The Labute approximate surface area is 423 Å². The Morgan fingerprint density at radius 3 is 1.42 bits per heavy atom. The molecule has 0 spiro atoms. The first-order chi connectivity index (χ1) is 36.2. The maximum Gasteiger partial charge on any atom is 0.143 e. The highest BCUT2D eigenvalue weighted by atomic mass is 16.3. The number of nitrogens with zero attached hydrogens (tertiary/aromatic N) is 2. The highest BCUT2D eigenvalue weighted by Gasteiger charge is 2.24. The van der Waals surface area contributed by atoms with Gasteiger partial charge in [0.25, 0.3) is 0 Å². The van der Waals surface area contributed by atoms with Crippen LogP contribution in [-0.2, 0) is 0 Å². The van der Waals surface area contributed by atoms with Crippen LogP contribution in [-0.4, -0.2) is 4.57 Å². The van der Waals surface area contributed by atoms with Crippen LogP contribution in [0.4, 0.5) is 17.1 Å². The van der Waals surface area contributed by atoms with E-state index in [0.29, 0.717) is 0 Å². The van der Waals surface area contributed by atoms with Crippen molar-refractivity contribution in [2.45, 2.75) is 0 Å². The fraction of sp³-hybridized carbons (Fsp3) is 0. The van der Waals surface area contributed by atoms with E-state index in [0.717, 1.165) is 89.0 Å². The van der Waals surface area contributed by atoms with Gasteiger partial charge in [-0.05, 0) is 128 Å². The van der Waals surface area contributed by atoms with Gasteiger partial charge in [0.2, 0.25) is 0 Å². The zero-order valence-electron chi connectivity index (χ0n) is 39.9. The largest absolute Gasteiger partial charge is 0.455 e. The zero-order chi connectivity index (χ0) is 48.2. The molecule has 3 nitrogen and oxygen atoms in total. The summed E-state index contributed by atoms with van der Waals surface area (Å²) in [4.78, 5) is 2.39. The second-order valence-corrected chi connectivity index (χ2v) is 18.8. The van der Waals surface area contributed by atoms with Crippen LogP contribution in [0.5, 0.6) is 0 Å². The number of hydrogen-bond acceptors (Lipinski definition) is 2. The van der Waals surface area contributed by atoms with Gasteiger partial charge in [0.05, 0.1) is 11.0 Å². The molecule has 14 rings (SSSR count). The van der Waals surface area contributed by atoms with Crippen LogP contribution in [0.1, 0.15) is 0 Å². The average Bonchev–Trinajstić information content (AvgIpc) is 4.04. The number of furan rings is 1. The Morgan fingerprint density at radius 1 is 0.274 bits per heavy atom. The number of para-hydroxylation sites is 2. The van der Waals surface area contributed by atoms with Crippen molar-refractivity contribution < 1.29 is 4.42 Å². The first kappa shape index (κ1) is 42.2. The number of aromatic nitrogens is 1. The van der Waals surface area contributed by atoms with Crippen LogP contribution in [0, 0.1) is 0 Å².